The molecule has 0 saturated carbocycles. The maximum atomic E-state index is 12.2. The van der Waals surface area contributed by atoms with Gasteiger partial charge >= 0.3 is 6.09 Å². The van der Waals surface area contributed by atoms with E-state index in [1.54, 1.807) is 16.7 Å². The molecule has 110 valence electrons. The van der Waals surface area contributed by atoms with E-state index in [-0.39, 0.29) is 17.9 Å². The van der Waals surface area contributed by atoms with Crippen LogP contribution in [0.2, 0.25) is 0 Å². The minimum absolute atomic E-state index is 0.0159. The Morgan fingerprint density at radius 3 is 2.16 bits per heavy atom. The van der Waals surface area contributed by atoms with Gasteiger partial charge in [0, 0.05) is 26.2 Å². The third-order valence-corrected chi connectivity index (χ3v) is 3.66. The van der Waals surface area contributed by atoms with Crippen LogP contribution in [0.5, 0.6) is 0 Å². The second-order valence-corrected chi connectivity index (χ2v) is 4.92. The number of piperazine rings is 1. The molecule has 2 amide bonds. The van der Waals surface area contributed by atoms with E-state index in [1.165, 1.54) is 0 Å². The Morgan fingerprint density at radius 1 is 1.16 bits per heavy atom. The third-order valence-electron chi connectivity index (χ3n) is 3.66. The van der Waals surface area contributed by atoms with E-state index in [0.717, 1.165) is 6.42 Å². The van der Waals surface area contributed by atoms with Crippen LogP contribution in [0.3, 0.4) is 0 Å². The molecule has 0 aromatic carbocycles. The average molecular weight is 271 g/mol. The van der Waals surface area contributed by atoms with Gasteiger partial charge < -0.3 is 20.3 Å². The molecule has 0 radical (unpaired) electrons. The maximum Gasteiger partial charge on any atom is 0.409 e. The van der Waals surface area contributed by atoms with Crippen LogP contribution in [0.25, 0.3) is 0 Å². The van der Waals surface area contributed by atoms with Gasteiger partial charge in [0.15, 0.2) is 0 Å². The lowest BCUT2D eigenvalue weighted by Gasteiger charge is -2.36. The highest BCUT2D eigenvalue weighted by Gasteiger charge is 2.29. The fourth-order valence-corrected chi connectivity index (χ4v) is 2.03. The van der Waals surface area contributed by atoms with Crippen molar-refractivity contribution < 1.29 is 14.3 Å². The first-order chi connectivity index (χ1) is 9.01. The van der Waals surface area contributed by atoms with Crippen molar-refractivity contribution >= 4 is 12.0 Å². The Hall–Kier alpha value is -1.30. The van der Waals surface area contributed by atoms with Crippen LogP contribution < -0.4 is 5.73 Å². The van der Waals surface area contributed by atoms with Crippen LogP contribution in [0.1, 0.15) is 27.2 Å². The molecule has 2 atom stereocenters. The molecule has 0 bridgehead atoms. The van der Waals surface area contributed by atoms with Gasteiger partial charge in [0.05, 0.1) is 12.6 Å². The Morgan fingerprint density at radius 2 is 1.68 bits per heavy atom. The summed E-state index contributed by atoms with van der Waals surface area (Å²) in [6.07, 6.45) is 0.580. The zero-order valence-corrected chi connectivity index (χ0v) is 12.1. The lowest BCUT2D eigenvalue weighted by molar-refractivity contribution is -0.135. The molecule has 1 aliphatic rings. The summed E-state index contributed by atoms with van der Waals surface area (Å²) in [4.78, 5) is 27.1. The number of rotatable bonds is 4. The summed E-state index contributed by atoms with van der Waals surface area (Å²) < 4.78 is 4.94. The molecule has 6 heteroatoms. The van der Waals surface area contributed by atoms with Crippen LogP contribution in [0.4, 0.5) is 4.79 Å². The summed E-state index contributed by atoms with van der Waals surface area (Å²) in [5.74, 6) is 0.161. The van der Waals surface area contributed by atoms with Gasteiger partial charge in [0.1, 0.15) is 0 Å². The van der Waals surface area contributed by atoms with Crippen molar-refractivity contribution in [2.45, 2.75) is 33.2 Å². The van der Waals surface area contributed by atoms with E-state index in [4.69, 9.17) is 10.5 Å². The first-order valence-corrected chi connectivity index (χ1v) is 6.97. The van der Waals surface area contributed by atoms with E-state index >= 15 is 0 Å². The lowest BCUT2D eigenvalue weighted by atomic mass is 9.98. The van der Waals surface area contributed by atoms with Gasteiger partial charge in [-0.3, -0.25) is 4.79 Å². The molecule has 1 aliphatic heterocycles. The molecule has 1 heterocycles. The van der Waals surface area contributed by atoms with Crippen molar-refractivity contribution in [1.82, 2.24) is 9.80 Å². The quantitative estimate of drug-likeness (QED) is 0.815. The predicted octanol–water partition coefficient (Wildman–Crippen LogP) is 0.661. The topological polar surface area (TPSA) is 75.9 Å². The number of nitrogens with two attached hydrogens (primary N) is 1. The summed E-state index contributed by atoms with van der Waals surface area (Å²) in [6, 6.07) is -0.445. The normalized spacial score (nSPS) is 18.9. The molecule has 0 aliphatic carbocycles. The van der Waals surface area contributed by atoms with Gasteiger partial charge in [-0.1, -0.05) is 20.3 Å². The molecule has 0 aromatic rings. The monoisotopic (exact) mass is 271 g/mol. The molecule has 0 aromatic heterocycles. The molecule has 0 unspecified atom stereocenters. The molecule has 0 spiro atoms. The smallest absolute Gasteiger partial charge is 0.409 e. The van der Waals surface area contributed by atoms with Crippen molar-refractivity contribution in [1.29, 1.82) is 0 Å². The summed E-state index contributed by atoms with van der Waals surface area (Å²) in [7, 11) is 0. The Labute approximate surface area is 114 Å². The average Bonchev–Trinajstić information content (AvgIpc) is 2.45. The van der Waals surface area contributed by atoms with Crippen molar-refractivity contribution in [3.8, 4) is 0 Å². The zero-order chi connectivity index (χ0) is 14.4. The Balaban J connectivity index is 2.45. The van der Waals surface area contributed by atoms with Crippen molar-refractivity contribution in [2.24, 2.45) is 11.7 Å². The van der Waals surface area contributed by atoms with Crippen LogP contribution in [0, 0.1) is 5.92 Å². The number of hydrogen-bond acceptors (Lipinski definition) is 4. The predicted molar refractivity (Wildman–Crippen MR) is 72.6 cm³/mol. The second-order valence-electron chi connectivity index (χ2n) is 4.92. The Kier molecular flexibility index (Phi) is 6.08. The van der Waals surface area contributed by atoms with Gasteiger partial charge in [-0.05, 0) is 12.8 Å². The first-order valence-electron chi connectivity index (χ1n) is 6.97. The number of carbonyl (C=O) groups is 2. The first kappa shape index (κ1) is 15.8. The van der Waals surface area contributed by atoms with E-state index in [9.17, 15) is 9.59 Å². The Bertz CT molecular complexity index is 314. The largest absolute Gasteiger partial charge is 0.450 e. The minimum atomic E-state index is -0.445. The van der Waals surface area contributed by atoms with Gasteiger partial charge in [-0.25, -0.2) is 4.79 Å². The van der Waals surface area contributed by atoms with Gasteiger partial charge in [-0.2, -0.15) is 0 Å². The standard InChI is InChI=1S/C13H25N3O3/c1-4-10(3)11(14)12(17)15-6-8-16(9-7-15)13(18)19-5-2/h10-11H,4-9,14H2,1-3H3/t10-,11-/m0/s1. The zero-order valence-electron chi connectivity index (χ0n) is 12.1. The van der Waals surface area contributed by atoms with E-state index in [1.807, 2.05) is 13.8 Å². The number of hydrogen-bond donors (Lipinski definition) is 1. The van der Waals surface area contributed by atoms with Crippen LogP contribution >= 0.6 is 0 Å². The second kappa shape index (κ2) is 7.33. The fourth-order valence-electron chi connectivity index (χ4n) is 2.03. The number of nitrogens with zero attached hydrogens (tertiary/aromatic N) is 2. The molecular formula is C13H25N3O3. The van der Waals surface area contributed by atoms with Crippen LogP contribution in [0.15, 0.2) is 0 Å². The summed E-state index contributed by atoms with van der Waals surface area (Å²) in [5.41, 5.74) is 5.95. The number of amides is 2. The molecule has 2 N–H and O–H groups in total. The van der Waals surface area contributed by atoms with E-state index in [2.05, 4.69) is 0 Å². The highest BCUT2D eigenvalue weighted by molar-refractivity contribution is 5.82. The summed E-state index contributed by atoms with van der Waals surface area (Å²) in [5, 5.41) is 0. The number of carbonyl (C=O) groups excluding carboxylic acids is 2. The molecule has 19 heavy (non-hydrogen) atoms. The molecule has 1 saturated heterocycles. The fraction of sp³-hybridized carbons (Fsp3) is 0.846. The molecule has 1 rings (SSSR count). The SMILES string of the molecule is CCOC(=O)N1CCN(C(=O)[C@@H](N)[C@@H](C)CC)CC1. The van der Waals surface area contributed by atoms with Crippen molar-refractivity contribution in [3.05, 3.63) is 0 Å². The van der Waals surface area contributed by atoms with Crippen molar-refractivity contribution in [2.75, 3.05) is 32.8 Å². The van der Waals surface area contributed by atoms with Gasteiger partial charge in [0.2, 0.25) is 5.91 Å². The van der Waals surface area contributed by atoms with Gasteiger partial charge in [-0.15, -0.1) is 0 Å². The summed E-state index contributed by atoms with van der Waals surface area (Å²) in [6.45, 7) is 8.24. The highest BCUT2D eigenvalue weighted by atomic mass is 16.6. The molecule has 6 nitrogen and oxygen atoms in total. The van der Waals surface area contributed by atoms with E-state index < -0.39 is 6.04 Å². The van der Waals surface area contributed by atoms with Crippen LogP contribution in [-0.4, -0.2) is 60.6 Å². The van der Waals surface area contributed by atoms with E-state index in [0.29, 0.717) is 32.8 Å². The number of ether oxygens (including phenoxy) is 1. The third kappa shape index (κ3) is 4.09. The summed E-state index contributed by atoms with van der Waals surface area (Å²) >= 11 is 0. The van der Waals surface area contributed by atoms with Crippen LogP contribution in [-0.2, 0) is 9.53 Å². The molecular weight excluding hydrogens is 246 g/mol. The minimum Gasteiger partial charge on any atom is -0.450 e. The maximum absolute atomic E-state index is 12.2. The lowest BCUT2D eigenvalue weighted by Crippen LogP contribution is -2.55. The molecule has 1 fully saturated rings. The van der Waals surface area contributed by atoms with Crippen molar-refractivity contribution in [3.63, 3.8) is 0 Å². The highest BCUT2D eigenvalue weighted by Crippen LogP contribution is 2.11. The van der Waals surface area contributed by atoms with Gasteiger partial charge in [0.25, 0.3) is 0 Å².